The molecule has 0 aliphatic carbocycles. The molecule has 0 amide bonds. The zero-order valence-electron chi connectivity index (χ0n) is 10.5. The second kappa shape index (κ2) is 6.17. The third kappa shape index (κ3) is 3.08. The van der Waals surface area contributed by atoms with Gasteiger partial charge in [0.2, 0.25) is 0 Å². The molecule has 0 fully saturated rings. The van der Waals surface area contributed by atoms with Crippen molar-refractivity contribution in [3.05, 3.63) is 59.9 Å². The van der Waals surface area contributed by atoms with Gasteiger partial charge in [0.1, 0.15) is 5.75 Å². The Balaban J connectivity index is 2.14. The standard InChI is InChI=1S/C15H18N2O/c1-2-18-15-8-4-3-6-12(15)10-14(16)13-7-5-9-17-11-13/h3-9,11,14H,2,10,16H2,1H3. The van der Waals surface area contributed by atoms with Crippen LogP contribution in [0.2, 0.25) is 0 Å². The molecule has 1 aromatic heterocycles. The van der Waals surface area contributed by atoms with Crippen LogP contribution in [0.25, 0.3) is 0 Å². The van der Waals surface area contributed by atoms with Crippen molar-refractivity contribution in [1.82, 2.24) is 4.98 Å². The van der Waals surface area contributed by atoms with E-state index in [0.29, 0.717) is 6.61 Å². The summed E-state index contributed by atoms with van der Waals surface area (Å²) in [6.45, 7) is 2.65. The van der Waals surface area contributed by atoms with Crippen molar-refractivity contribution in [2.24, 2.45) is 5.73 Å². The van der Waals surface area contributed by atoms with Crippen molar-refractivity contribution >= 4 is 0 Å². The fourth-order valence-electron chi connectivity index (χ4n) is 1.92. The zero-order valence-corrected chi connectivity index (χ0v) is 10.5. The molecule has 3 nitrogen and oxygen atoms in total. The van der Waals surface area contributed by atoms with Crippen LogP contribution < -0.4 is 10.5 Å². The third-order valence-electron chi connectivity index (χ3n) is 2.82. The van der Waals surface area contributed by atoms with Crippen LogP contribution in [0.15, 0.2) is 48.8 Å². The van der Waals surface area contributed by atoms with Crippen LogP contribution in [0.4, 0.5) is 0 Å². The number of ether oxygens (including phenoxy) is 1. The summed E-state index contributed by atoms with van der Waals surface area (Å²) in [5.74, 6) is 0.916. The maximum absolute atomic E-state index is 6.20. The van der Waals surface area contributed by atoms with E-state index in [4.69, 9.17) is 10.5 Å². The van der Waals surface area contributed by atoms with Gasteiger partial charge in [-0.15, -0.1) is 0 Å². The molecule has 2 aromatic rings. The largest absolute Gasteiger partial charge is 0.494 e. The molecule has 0 aliphatic rings. The number of aromatic nitrogens is 1. The van der Waals surface area contributed by atoms with Gasteiger partial charge < -0.3 is 10.5 Å². The third-order valence-corrected chi connectivity index (χ3v) is 2.82. The van der Waals surface area contributed by atoms with Crippen LogP contribution in [-0.4, -0.2) is 11.6 Å². The Kier molecular flexibility index (Phi) is 4.31. The predicted molar refractivity (Wildman–Crippen MR) is 72.5 cm³/mol. The van der Waals surface area contributed by atoms with Crippen LogP contribution in [0.3, 0.4) is 0 Å². The molecule has 2 N–H and O–H groups in total. The molecule has 0 radical (unpaired) electrons. The summed E-state index contributed by atoms with van der Waals surface area (Å²) in [5.41, 5.74) is 8.38. The van der Waals surface area contributed by atoms with Gasteiger partial charge in [-0.1, -0.05) is 24.3 Å². The molecule has 2 rings (SSSR count). The van der Waals surface area contributed by atoms with Crippen molar-refractivity contribution in [3.8, 4) is 5.75 Å². The maximum atomic E-state index is 6.20. The Labute approximate surface area is 108 Å². The van der Waals surface area contributed by atoms with Crippen molar-refractivity contribution < 1.29 is 4.74 Å². The van der Waals surface area contributed by atoms with E-state index in [-0.39, 0.29) is 6.04 Å². The van der Waals surface area contributed by atoms with Gasteiger partial charge in [0.25, 0.3) is 0 Å². The minimum atomic E-state index is -0.0553. The van der Waals surface area contributed by atoms with E-state index < -0.39 is 0 Å². The second-order valence-electron chi connectivity index (χ2n) is 4.14. The highest BCUT2D eigenvalue weighted by Crippen LogP contribution is 2.23. The van der Waals surface area contributed by atoms with Crippen LogP contribution >= 0.6 is 0 Å². The Bertz CT molecular complexity index is 485. The van der Waals surface area contributed by atoms with Gasteiger partial charge in [-0.25, -0.2) is 0 Å². The average molecular weight is 242 g/mol. The molecule has 94 valence electrons. The predicted octanol–water partition coefficient (Wildman–Crippen LogP) is 2.72. The zero-order chi connectivity index (χ0) is 12.8. The number of benzene rings is 1. The molecule has 0 bridgehead atoms. The van der Waals surface area contributed by atoms with E-state index in [9.17, 15) is 0 Å². The summed E-state index contributed by atoms with van der Waals surface area (Å²) in [4.78, 5) is 4.09. The van der Waals surface area contributed by atoms with E-state index in [2.05, 4.69) is 11.1 Å². The van der Waals surface area contributed by atoms with E-state index in [0.717, 1.165) is 23.3 Å². The summed E-state index contributed by atoms with van der Waals surface area (Å²) in [6, 6.07) is 11.9. The fourth-order valence-corrected chi connectivity index (χ4v) is 1.92. The lowest BCUT2D eigenvalue weighted by Crippen LogP contribution is -2.14. The Hall–Kier alpha value is -1.87. The first-order valence-corrected chi connectivity index (χ1v) is 6.17. The fraction of sp³-hybridized carbons (Fsp3) is 0.267. The number of nitrogens with zero attached hydrogens (tertiary/aromatic N) is 1. The average Bonchev–Trinajstić information content (AvgIpc) is 2.42. The van der Waals surface area contributed by atoms with Crippen molar-refractivity contribution in [3.63, 3.8) is 0 Å². The molecule has 0 saturated carbocycles. The number of pyridine rings is 1. The van der Waals surface area contributed by atoms with E-state index in [1.54, 1.807) is 6.20 Å². The first kappa shape index (κ1) is 12.6. The van der Waals surface area contributed by atoms with Crippen LogP contribution in [0.1, 0.15) is 24.1 Å². The summed E-state index contributed by atoms with van der Waals surface area (Å²) in [6.07, 6.45) is 4.32. The number of hydrogen-bond acceptors (Lipinski definition) is 3. The normalized spacial score (nSPS) is 12.1. The highest BCUT2D eigenvalue weighted by atomic mass is 16.5. The quantitative estimate of drug-likeness (QED) is 0.877. The highest BCUT2D eigenvalue weighted by Gasteiger charge is 2.10. The van der Waals surface area contributed by atoms with Gasteiger partial charge in [-0.3, -0.25) is 4.98 Å². The number of hydrogen-bond donors (Lipinski definition) is 1. The van der Waals surface area contributed by atoms with Gasteiger partial charge >= 0.3 is 0 Å². The lowest BCUT2D eigenvalue weighted by atomic mass is 10.0. The molecule has 0 spiro atoms. The first-order valence-electron chi connectivity index (χ1n) is 6.17. The molecule has 18 heavy (non-hydrogen) atoms. The summed E-state index contributed by atoms with van der Waals surface area (Å²) >= 11 is 0. The lowest BCUT2D eigenvalue weighted by molar-refractivity contribution is 0.335. The van der Waals surface area contributed by atoms with Crippen LogP contribution in [0, 0.1) is 0 Å². The van der Waals surface area contributed by atoms with Crippen molar-refractivity contribution in [1.29, 1.82) is 0 Å². The van der Waals surface area contributed by atoms with Crippen molar-refractivity contribution in [2.75, 3.05) is 6.61 Å². The molecular formula is C15H18N2O. The van der Waals surface area contributed by atoms with Crippen molar-refractivity contribution in [2.45, 2.75) is 19.4 Å². The van der Waals surface area contributed by atoms with Crippen LogP contribution in [-0.2, 0) is 6.42 Å². The van der Waals surface area contributed by atoms with E-state index in [1.165, 1.54) is 0 Å². The van der Waals surface area contributed by atoms with Gasteiger partial charge in [0, 0.05) is 18.4 Å². The molecule has 1 heterocycles. The highest BCUT2D eigenvalue weighted by molar-refractivity contribution is 5.35. The molecule has 1 unspecified atom stereocenters. The molecular weight excluding hydrogens is 224 g/mol. The summed E-state index contributed by atoms with van der Waals surface area (Å²) < 4.78 is 5.60. The van der Waals surface area contributed by atoms with Gasteiger partial charge in [-0.2, -0.15) is 0 Å². The van der Waals surface area contributed by atoms with E-state index in [1.807, 2.05) is 43.5 Å². The molecule has 1 atom stereocenters. The van der Waals surface area contributed by atoms with E-state index >= 15 is 0 Å². The SMILES string of the molecule is CCOc1ccccc1CC(N)c1cccnc1. The topological polar surface area (TPSA) is 48.1 Å². The Morgan fingerprint density at radius 1 is 1.22 bits per heavy atom. The Morgan fingerprint density at radius 3 is 2.78 bits per heavy atom. The number of nitrogens with two attached hydrogens (primary N) is 1. The van der Waals surface area contributed by atoms with Gasteiger partial charge in [0.05, 0.1) is 6.61 Å². The minimum absolute atomic E-state index is 0.0553. The monoisotopic (exact) mass is 242 g/mol. The Morgan fingerprint density at radius 2 is 2.06 bits per heavy atom. The smallest absolute Gasteiger partial charge is 0.122 e. The summed E-state index contributed by atoms with van der Waals surface area (Å²) in [5, 5.41) is 0. The van der Waals surface area contributed by atoms with Gasteiger partial charge in [0.15, 0.2) is 0 Å². The maximum Gasteiger partial charge on any atom is 0.122 e. The molecule has 0 aliphatic heterocycles. The lowest BCUT2D eigenvalue weighted by Gasteiger charge is -2.14. The molecule has 1 aromatic carbocycles. The first-order chi connectivity index (χ1) is 8.81. The number of para-hydroxylation sites is 1. The minimum Gasteiger partial charge on any atom is -0.494 e. The summed E-state index contributed by atoms with van der Waals surface area (Å²) in [7, 11) is 0. The second-order valence-corrected chi connectivity index (χ2v) is 4.14. The van der Waals surface area contributed by atoms with Gasteiger partial charge in [-0.05, 0) is 36.6 Å². The van der Waals surface area contributed by atoms with Crippen LogP contribution in [0.5, 0.6) is 5.75 Å². The number of rotatable bonds is 5. The molecule has 0 saturated heterocycles. The molecule has 3 heteroatoms.